The van der Waals surface area contributed by atoms with Crippen molar-refractivity contribution in [1.29, 1.82) is 0 Å². The van der Waals surface area contributed by atoms with Gasteiger partial charge >= 0.3 is 0 Å². The molecule has 14 heavy (non-hydrogen) atoms. The van der Waals surface area contributed by atoms with Gasteiger partial charge in [0.2, 0.25) is 0 Å². The van der Waals surface area contributed by atoms with E-state index in [-0.39, 0.29) is 16.5 Å². The zero-order chi connectivity index (χ0) is 10.1. The number of carbonyl (C=O) groups excluding carboxylic acids is 2. The normalized spacial score (nSPS) is 30.1. The van der Waals surface area contributed by atoms with E-state index in [1.807, 2.05) is 4.90 Å². The van der Waals surface area contributed by atoms with Crippen LogP contribution in [0.15, 0.2) is 0 Å². The van der Waals surface area contributed by atoms with E-state index < -0.39 is 0 Å². The van der Waals surface area contributed by atoms with Crippen LogP contribution in [0.1, 0.15) is 0 Å². The van der Waals surface area contributed by atoms with Gasteiger partial charge in [0.15, 0.2) is 0 Å². The summed E-state index contributed by atoms with van der Waals surface area (Å²) < 4.78 is 5.19. The molecule has 2 fully saturated rings. The molecule has 2 aliphatic heterocycles. The number of carbonyl (C=O) groups is 2. The summed E-state index contributed by atoms with van der Waals surface area (Å²) in [4.78, 5) is 26.0. The minimum absolute atomic E-state index is 0.109. The summed E-state index contributed by atoms with van der Waals surface area (Å²) in [5.41, 5.74) is 0. The second-order valence-corrected chi connectivity index (χ2v) is 4.31. The molecule has 1 atom stereocenters. The molecular weight excluding hydrogens is 204 g/mol. The second-order valence-electron chi connectivity index (χ2n) is 3.28. The van der Waals surface area contributed by atoms with E-state index in [1.54, 1.807) is 0 Å². The Hall–Kier alpha value is -0.590. The lowest BCUT2D eigenvalue weighted by Gasteiger charge is -2.29. The molecule has 2 saturated heterocycles. The Morgan fingerprint density at radius 2 is 2.00 bits per heavy atom. The smallest absolute Gasteiger partial charge is 0.290 e. The molecule has 0 radical (unpaired) electrons. The summed E-state index contributed by atoms with van der Waals surface area (Å²) in [6, 6.07) is 0. The molecule has 0 spiro atoms. The molecule has 0 aliphatic carbocycles. The van der Waals surface area contributed by atoms with Gasteiger partial charge in [0.25, 0.3) is 11.1 Å². The SMILES string of the molecule is CN1C(=O)S[C@H](N2CCOCC2)C1=O. The van der Waals surface area contributed by atoms with Crippen LogP contribution < -0.4 is 0 Å². The third-order valence-corrected chi connectivity index (χ3v) is 3.60. The van der Waals surface area contributed by atoms with E-state index in [9.17, 15) is 9.59 Å². The van der Waals surface area contributed by atoms with Crippen molar-refractivity contribution in [3.8, 4) is 0 Å². The molecule has 78 valence electrons. The van der Waals surface area contributed by atoms with E-state index in [2.05, 4.69) is 0 Å². The van der Waals surface area contributed by atoms with Crippen molar-refractivity contribution < 1.29 is 14.3 Å². The van der Waals surface area contributed by atoms with Crippen LogP contribution in [0.2, 0.25) is 0 Å². The molecule has 0 bridgehead atoms. The van der Waals surface area contributed by atoms with Crippen molar-refractivity contribution in [2.24, 2.45) is 0 Å². The van der Waals surface area contributed by atoms with Crippen LogP contribution in [0.5, 0.6) is 0 Å². The number of rotatable bonds is 1. The summed E-state index contributed by atoms with van der Waals surface area (Å²) >= 11 is 1.10. The highest BCUT2D eigenvalue weighted by Crippen LogP contribution is 2.28. The number of thioether (sulfide) groups is 1. The lowest BCUT2D eigenvalue weighted by Crippen LogP contribution is -2.45. The Labute approximate surface area is 86.4 Å². The Morgan fingerprint density at radius 3 is 2.50 bits per heavy atom. The fourth-order valence-corrected chi connectivity index (χ4v) is 2.58. The first kappa shape index (κ1) is 9.95. The van der Waals surface area contributed by atoms with Gasteiger partial charge in [-0.1, -0.05) is 0 Å². The van der Waals surface area contributed by atoms with Gasteiger partial charge < -0.3 is 4.74 Å². The number of hydrogen-bond acceptors (Lipinski definition) is 5. The molecule has 2 amide bonds. The molecule has 0 aromatic heterocycles. The van der Waals surface area contributed by atoms with E-state index in [0.717, 1.165) is 24.9 Å². The van der Waals surface area contributed by atoms with E-state index in [1.165, 1.54) is 11.9 Å². The molecular formula is C8H12N2O3S. The van der Waals surface area contributed by atoms with Crippen LogP contribution in [0.25, 0.3) is 0 Å². The molecule has 0 unspecified atom stereocenters. The first-order valence-electron chi connectivity index (χ1n) is 4.50. The van der Waals surface area contributed by atoms with Gasteiger partial charge in [0.1, 0.15) is 5.37 Å². The summed E-state index contributed by atoms with van der Waals surface area (Å²) in [5.74, 6) is -0.109. The zero-order valence-electron chi connectivity index (χ0n) is 7.93. The van der Waals surface area contributed by atoms with Crippen LogP contribution in [-0.2, 0) is 9.53 Å². The molecule has 0 N–H and O–H groups in total. The lowest BCUT2D eigenvalue weighted by atomic mass is 10.4. The van der Waals surface area contributed by atoms with Gasteiger partial charge in [-0.25, -0.2) is 0 Å². The summed E-state index contributed by atoms with van der Waals surface area (Å²) in [5, 5.41) is -0.483. The van der Waals surface area contributed by atoms with E-state index in [0.29, 0.717) is 13.2 Å². The summed E-state index contributed by atoms with van der Waals surface area (Å²) in [7, 11) is 1.53. The third kappa shape index (κ3) is 1.65. The monoisotopic (exact) mass is 216 g/mol. The number of imide groups is 1. The van der Waals surface area contributed by atoms with Crippen molar-refractivity contribution in [3.05, 3.63) is 0 Å². The summed E-state index contributed by atoms with van der Waals surface area (Å²) in [6.45, 7) is 2.74. The Bertz CT molecular complexity index is 265. The van der Waals surface area contributed by atoms with Crippen molar-refractivity contribution in [1.82, 2.24) is 9.80 Å². The first-order valence-corrected chi connectivity index (χ1v) is 5.38. The number of likely N-dealkylation sites (N-methyl/N-ethyl adjacent to an activating group) is 1. The average Bonchev–Trinajstić information content (AvgIpc) is 2.47. The fourth-order valence-electron chi connectivity index (χ4n) is 1.52. The maximum Gasteiger partial charge on any atom is 0.290 e. The van der Waals surface area contributed by atoms with Gasteiger partial charge in [0, 0.05) is 20.1 Å². The zero-order valence-corrected chi connectivity index (χ0v) is 8.75. The van der Waals surface area contributed by atoms with E-state index in [4.69, 9.17) is 4.74 Å². The van der Waals surface area contributed by atoms with Crippen molar-refractivity contribution in [2.45, 2.75) is 5.37 Å². The van der Waals surface area contributed by atoms with Gasteiger partial charge in [-0.15, -0.1) is 0 Å². The molecule has 6 heteroatoms. The average molecular weight is 216 g/mol. The Morgan fingerprint density at radius 1 is 1.36 bits per heavy atom. The predicted octanol–water partition coefficient (Wildman–Crippen LogP) is -0.0301. The lowest BCUT2D eigenvalue weighted by molar-refractivity contribution is -0.129. The number of ether oxygens (including phenoxy) is 1. The molecule has 2 heterocycles. The van der Waals surface area contributed by atoms with E-state index >= 15 is 0 Å². The van der Waals surface area contributed by atoms with Gasteiger partial charge in [-0.05, 0) is 11.8 Å². The standard InChI is InChI=1S/C8H12N2O3S/c1-9-6(11)7(14-8(9)12)10-2-4-13-5-3-10/h7H,2-5H2,1H3/t7-/m0/s1. The van der Waals surface area contributed by atoms with Crippen LogP contribution in [-0.4, -0.2) is 59.7 Å². The fraction of sp³-hybridized carbons (Fsp3) is 0.750. The highest BCUT2D eigenvalue weighted by Gasteiger charge is 2.41. The van der Waals surface area contributed by atoms with Crippen LogP contribution >= 0.6 is 11.8 Å². The molecule has 0 aromatic carbocycles. The van der Waals surface area contributed by atoms with Crippen molar-refractivity contribution in [3.63, 3.8) is 0 Å². The molecule has 0 aromatic rings. The quantitative estimate of drug-likeness (QED) is 0.616. The first-order chi connectivity index (χ1) is 6.70. The Kier molecular flexibility index (Phi) is 2.76. The minimum atomic E-state index is -0.323. The number of hydrogen-bond donors (Lipinski definition) is 0. The number of amides is 2. The number of morpholine rings is 1. The molecule has 2 rings (SSSR count). The maximum absolute atomic E-state index is 11.6. The molecule has 5 nitrogen and oxygen atoms in total. The third-order valence-electron chi connectivity index (χ3n) is 2.41. The number of nitrogens with zero attached hydrogens (tertiary/aromatic N) is 2. The van der Waals surface area contributed by atoms with Crippen LogP contribution in [0.4, 0.5) is 4.79 Å². The topological polar surface area (TPSA) is 49.9 Å². The largest absolute Gasteiger partial charge is 0.379 e. The van der Waals surface area contributed by atoms with Gasteiger partial charge in [-0.2, -0.15) is 0 Å². The minimum Gasteiger partial charge on any atom is -0.379 e. The van der Waals surface area contributed by atoms with Crippen LogP contribution in [0.3, 0.4) is 0 Å². The van der Waals surface area contributed by atoms with Crippen molar-refractivity contribution >= 4 is 22.9 Å². The van der Waals surface area contributed by atoms with Gasteiger partial charge in [0.05, 0.1) is 13.2 Å². The highest BCUT2D eigenvalue weighted by atomic mass is 32.2. The molecule has 0 saturated carbocycles. The second kappa shape index (κ2) is 3.88. The van der Waals surface area contributed by atoms with Crippen molar-refractivity contribution in [2.75, 3.05) is 33.4 Å². The van der Waals surface area contributed by atoms with Crippen LogP contribution in [0, 0.1) is 0 Å². The molecule has 2 aliphatic rings. The highest BCUT2D eigenvalue weighted by molar-refractivity contribution is 8.15. The predicted molar refractivity (Wildman–Crippen MR) is 51.9 cm³/mol. The Balaban J connectivity index is 2.04. The maximum atomic E-state index is 11.6. The van der Waals surface area contributed by atoms with Gasteiger partial charge in [-0.3, -0.25) is 19.4 Å². The summed E-state index contributed by atoms with van der Waals surface area (Å²) in [6.07, 6.45) is 0.